The number of amides is 2. The van der Waals surface area contributed by atoms with Gasteiger partial charge < -0.3 is 15.8 Å². The number of halogens is 1. The highest BCUT2D eigenvalue weighted by atomic mass is 35.5. The fraction of sp³-hybridized carbons (Fsp3) is 0.500. The highest BCUT2D eigenvalue weighted by Gasteiger charge is 2.62. The van der Waals surface area contributed by atoms with Crippen LogP contribution in [-0.4, -0.2) is 38.8 Å². The van der Waals surface area contributed by atoms with Crippen molar-refractivity contribution in [3.8, 4) is 5.75 Å². The van der Waals surface area contributed by atoms with E-state index in [1.807, 2.05) is 58.9 Å². The Morgan fingerprint density at radius 1 is 1.19 bits per heavy atom. The van der Waals surface area contributed by atoms with Crippen LogP contribution in [-0.2, 0) is 9.59 Å². The molecule has 1 aromatic carbocycles. The highest BCUT2D eigenvalue weighted by molar-refractivity contribution is 6.32. The molecule has 8 nitrogen and oxygen atoms in total. The van der Waals surface area contributed by atoms with E-state index < -0.39 is 22.6 Å². The number of hydrogen-bond acceptors (Lipinski definition) is 6. The van der Waals surface area contributed by atoms with E-state index in [0.717, 1.165) is 11.1 Å². The highest BCUT2D eigenvalue weighted by Crippen LogP contribution is 2.60. The second-order valence-electron chi connectivity index (χ2n) is 11.9. The summed E-state index contributed by atoms with van der Waals surface area (Å²) in [4.78, 5) is 37.6. The van der Waals surface area contributed by atoms with Crippen molar-refractivity contribution in [1.82, 2.24) is 15.2 Å². The van der Waals surface area contributed by atoms with Crippen LogP contribution >= 0.6 is 11.6 Å². The Kier molecular flexibility index (Phi) is 6.01. The summed E-state index contributed by atoms with van der Waals surface area (Å²) in [6, 6.07) is 8.67. The van der Waals surface area contributed by atoms with Gasteiger partial charge in [-0.2, -0.15) is 0 Å². The van der Waals surface area contributed by atoms with Crippen molar-refractivity contribution in [1.29, 1.82) is 0 Å². The number of benzene rings is 1. The average Bonchev–Trinajstić information content (AvgIpc) is 3.48. The number of aromatic nitrogens is 1. The van der Waals surface area contributed by atoms with E-state index in [2.05, 4.69) is 15.3 Å². The third-order valence-corrected chi connectivity index (χ3v) is 8.07. The van der Waals surface area contributed by atoms with Gasteiger partial charge in [0.25, 0.3) is 0 Å². The maximum Gasteiger partial charge on any atom is 0.232 e. The van der Waals surface area contributed by atoms with Crippen LogP contribution in [0.3, 0.4) is 0 Å². The largest absolute Gasteiger partial charge is 0.486 e. The zero-order valence-corrected chi connectivity index (χ0v) is 22.7. The third kappa shape index (κ3) is 4.67. The number of carbonyl (C=O) groups excluding carboxylic acids is 2. The molecule has 37 heavy (non-hydrogen) atoms. The first-order valence-electron chi connectivity index (χ1n) is 12.7. The average molecular weight is 524 g/mol. The number of hydrogen-bond donors (Lipinski definition) is 2. The van der Waals surface area contributed by atoms with Crippen LogP contribution in [0.15, 0.2) is 47.7 Å². The van der Waals surface area contributed by atoms with Crippen LogP contribution < -0.4 is 15.8 Å². The van der Waals surface area contributed by atoms with Gasteiger partial charge in [-0.25, -0.2) is 4.99 Å². The molecule has 4 atom stereocenters. The lowest BCUT2D eigenvalue weighted by Gasteiger charge is -2.39. The smallest absolute Gasteiger partial charge is 0.232 e. The number of fused-ring (bicyclic) bond motifs is 1. The normalized spacial score (nSPS) is 28.4. The first kappa shape index (κ1) is 25.5. The van der Waals surface area contributed by atoms with E-state index in [0.29, 0.717) is 23.6 Å². The number of aliphatic imine (C=N–C) groups is 1. The van der Waals surface area contributed by atoms with Gasteiger partial charge in [0, 0.05) is 24.4 Å². The van der Waals surface area contributed by atoms with Gasteiger partial charge in [0.05, 0.1) is 34.5 Å². The Balaban J connectivity index is 1.44. The molecule has 2 aromatic rings. The molecule has 5 rings (SSSR count). The van der Waals surface area contributed by atoms with E-state index in [1.165, 1.54) is 0 Å². The molecule has 2 aliphatic heterocycles. The molecule has 0 unspecified atom stereocenters. The van der Waals surface area contributed by atoms with Crippen molar-refractivity contribution >= 4 is 29.4 Å². The molecular formula is C28H34ClN5O3. The first-order chi connectivity index (χ1) is 17.3. The Labute approximate surface area is 222 Å². The minimum absolute atomic E-state index is 0.0692. The van der Waals surface area contributed by atoms with Crippen LogP contribution in [0.5, 0.6) is 5.75 Å². The molecule has 0 saturated heterocycles. The SMILES string of the molecule is CC1(C)CC(=O)N([C@H](c2cccnc2)[C@H]2C[C@]2(C)C(=O)N[C@H]2CC(C)(C)Oc3c(Cl)cccc32)C(N)=N1. The van der Waals surface area contributed by atoms with Gasteiger partial charge in [-0.3, -0.25) is 19.5 Å². The van der Waals surface area contributed by atoms with E-state index in [1.54, 1.807) is 23.4 Å². The topological polar surface area (TPSA) is 110 Å². The molecule has 3 aliphatic rings. The zero-order valence-electron chi connectivity index (χ0n) is 21.9. The lowest BCUT2D eigenvalue weighted by atomic mass is 9.88. The van der Waals surface area contributed by atoms with E-state index in [-0.39, 0.29) is 36.2 Å². The minimum atomic E-state index is -0.699. The molecule has 1 aliphatic carbocycles. The molecular weight excluding hydrogens is 490 g/mol. The summed E-state index contributed by atoms with van der Waals surface area (Å²) >= 11 is 6.44. The molecule has 0 spiro atoms. The van der Waals surface area contributed by atoms with Crippen LogP contribution in [0, 0.1) is 11.3 Å². The molecule has 1 saturated carbocycles. The summed E-state index contributed by atoms with van der Waals surface area (Å²) in [7, 11) is 0. The summed E-state index contributed by atoms with van der Waals surface area (Å²) < 4.78 is 6.14. The number of ether oxygens (including phenoxy) is 1. The van der Waals surface area contributed by atoms with Gasteiger partial charge in [-0.1, -0.05) is 36.7 Å². The Morgan fingerprint density at radius 2 is 1.95 bits per heavy atom. The number of nitrogens with one attached hydrogen (secondary N) is 1. The minimum Gasteiger partial charge on any atom is -0.486 e. The Hall–Kier alpha value is -3.13. The monoisotopic (exact) mass is 523 g/mol. The van der Waals surface area contributed by atoms with Crippen molar-refractivity contribution in [3.63, 3.8) is 0 Å². The molecule has 3 heterocycles. The zero-order chi connectivity index (χ0) is 26.8. The standard InChI is InChI=1S/C28H34ClN5O3/c1-26(2)14-21(35)34(25(30)33-26)22(16-8-7-11-31-15-16)18-12-28(18,5)24(36)32-20-13-27(3,4)37-23-17(20)9-6-10-19(23)29/h6-11,15,18,20,22H,12-14H2,1-5H3,(H2,30,33)(H,32,36)/t18-,20+,22-,28+/m1/s1. The first-order valence-corrected chi connectivity index (χ1v) is 13.0. The Bertz CT molecular complexity index is 1280. The maximum atomic E-state index is 13.8. The van der Waals surface area contributed by atoms with Gasteiger partial charge in [0.1, 0.15) is 11.4 Å². The second-order valence-corrected chi connectivity index (χ2v) is 12.3. The van der Waals surface area contributed by atoms with E-state index in [9.17, 15) is 9.59 Å². The van der Waals surface area contributed by atoms with Gasteiger partial charge in [-0.05, 0) is 57.7 Å². The summed E-state index contributed by atoms with van der Waals surface area (Å²) in [5, 5.41) is 3.80. The van der Waals surface area contributed by atoms with Crippen LogP contribution in [0.2, 0.25) is 5.02 Å². The number of carbonyl (C=O) groups is 2. The van der Waals surface area contributed by atoms with E-state index in [4.69, 9.17) is 22.1 Å². The summed E-state index contributed by atoms with van der Waals surface area (Å²) in [5.74, 6) is 0.472. The summed E-state index contributed by atoms with van der Waals surface area (Å²) in [6.07, 6.45) is 4.88. The molecule has 0 radical (unpaired) electrons. The van der Waals surface area contributed by atoms with Crippen molar-refractivity contribution in [3.05, 3.63) is 58.9 Å². The van der Waals surface area contributed by atoms with Gasteiger partial charge >= 0.3 is 0 Å². The summed E-state index contributed by atoms with van der Waals surface area (Å²) in [6.45, 7) is 9.71. The fourth-order valence-corrected chi connectivity index (χ4v) is 6.01. The van der Waals surface area contributed by atoms with Crippen molar-refractivity contribution in [2.75, 3.05) is 0 Å². The van der Waals surface area contributed by atoms with Crippen molar-refractivity contribution in [2.45, 2.75) is 77.1 Å². The maximum absolute atomic E-state index is 13.8. The van der Waals surface area contributed by atoms with Crippen molar-refractivity contribution < 1.29 is 14.3 Å². The number of guanidine groups is 1. The molecule has 2 amide bonds. The number of para-hydroxylation sites is 1. The molecule has 9 heteroatoms. The number of pyridine rings is 1. The molecule has 196 valence electrons. The second kappa shape index (κ2) is 8.72. The number of rotatable bonds is 5. The van der Waals surface area contributed by atoms with Gasteiger partial charge in [-0.15, -0.1) is 0 Å². The number of nitrogens with zero attached hydrogens (tertiary/aromatic N) is 3. The van der Waals surface area contributed by atoms with Crippen LogP contribution in [0.1, 0.15) is 77.1 Å². The molecule has 0 bridgehead atoms. The van der Waals surface area contributed by atoms with Crippen LogP contribution in [0.25, 0.3) is 0 Å². The van der Waals surface area contributed by atoms with Crippen LogP contribution in [0.4, 0.5) is 0 Å². The fourth-order valence-electron chi connectivity index (χ4n) is 5.79. The third-order valence-electron chi connectivity index (χ3n) is 7.77. The quantitative estimate of drug-likeness (QED) is 0.597. The predicted molar refractivity (Wildman–Crippen MR) is 142 cm³/mol. The summed E-state index contributed by atoms with van der Waals surface area (Å²) in [5.41, 5.74) is 6.32. The van der Waals surface area contributed by atoms with Crippen molar-refractivity contribution in [2.24, 2.45) is 22.1 Å². The van der Waals surface area contributed by atoms with Gasteiger partial charge in [0.2, 0.25) is 11.8 Å². The van der Waals surface area contributed by atoms with E-state index >= 15 is 0 Å². The Morgan fingerprint density at radius 3 is 2.62 bits per heavy atom. The molecule has 3 N–H and O–H groups in total. The molecule has 1 aromatic heterocycles. The predicted octanol–water partition coefficient (Wildman–Crippen LogP) is 4.55. The lowest BCUT2D eigenvalue weighted by molar-refractivity contribution is -0.133. The molecule has 1 fully saturated rings. The number of nitrogens with two attached hydrogens (primary N) is 1. The lowest BCUT2D eigenvalue weighted by Crippen LogP contribution is -2.52. The van der Waals surface area contributed by atoms with Gasteiger partial charge in [0.15, 0.2) is 5.96 Å².